The van der Waals surface area contributed by atoms with Crippen molar-refractivity contribution in [2.75, 3.05) is 0 Å². The van der Waals surface area contributed by atoms with Gasteiger partial charge in [0.05, 0.1) is 4.92 Å². The average Bonchev–Trinajstić information content (AvgIpc) is 2.08. The van der Waals surface area contributed by atoms with Crippen molar-refractivity contribution in [1.82, 2.24) is 0 Å². The van der Waals surface area contributed by atoms with Crippen LogP contribution < -0.4 is 0 Å². The number of benzene rings is 1. The van der Waals surface area contributed by atoms with Gasteiger partial charge in [-0.2, -0.15) is 0 Å². The van der Waals surface area contributed by atoms with Crippen LogP contribution in [0.4, 0.5) is 5.69 Å². The number of halogens is 1. The van der Waals surface area contributed by atoms with E-state index in [0.717, 1.165) is 10.0 Å². The van der Waals surface area contributed by atoms with Crippen molar-refractivity contribution in [3.63, 3.8) is 0 Å². The molecule has 0 spiro atoms. The van der Waals surface area contributed by atoms with E-state index in [1.807, 2.05) is 19.1 Å². The zero-order valence-corrected chi connectivity index (χ0v) is 8.61. The third-order valence-electron chi connectivity index (χ3n) is 1.54. The molecular formula is C9H8BrNO2. The molecule has 1 rings (SSSR count). The number of non-ortho nitro benzene ring substituents is 1. The summed E-state index contributed by atoms with van der Waals surface area (Å²) in [6.07, 6.45) is 3.76. The Morgan fingerprint density at radius 1 is 1.54 bits per heavy atom. The second-order valence-electron chi connectivity index (χ2n) is 2.46. The largest absolute Gasteiger partial charge is 0.270 e. The highest BCUT2D eigenvalue weighted by molar-refractivity contribution is 9.10. The van der Waals surface area contributed by atoms with Crippen LogP contribution in [0, 0.1) is 10.1 Å². The van der Waals surface area contributed by atoms with E-state index in [0.29, 0.717) is 0 Å². The van der Waals surface area contributed by atoms with Gasteiger partial charge in [0.25, 0.3) is 5.69 Å². The van der Waals surface area contributed by atoms with E-state index in [1.165, 1.54) is 12.1 Å². The van der Waals surface area contributed by atoms with Crippen LogP contribution in [-0.2, 0) is 0 Å². The maximum Gasteiger partial charge on any atom is 0.270 e. The molecule has 68 valence electrons. The van der Waals surface area contributed by atoms with E-state index >= 15 is 0 Å². The molecule has 3 nitrogen and oxygen atoms in total. The Labute approximate surface area is 84.4 Å². The molecule has 13 heavy (non-hydrogen) atoms. The summed E-state index contributed by atoms with van der Waals surface area (Å²) >= 11 is 3.26. The zero-order chi connectivity index (χ0) is 9.84. The van der Waals surface area contributed by atoms with Crippen molar-refractivity contribution in [2.24, 2.45) is 0 Å². The smallest absolute Gasteiger partial charge is 0.258 e. The highest BCUT2D eigenvalue weighted by Crippen LogP contribution is 2.23. The fraction of sp³-hybridized carbons (Fsp3) is 0.111. The third kappa shape index (κ3) is 2.39. The van der Waals surface area contributed by atoms with Crippen molar-refractivity contribution in [3.8, 4) is 0 Å². The lowest BCUT2D eigenvalue weighted by molar-refractivity contribution is -0.384. The van der Waals surface area contributed by atoms with E-state index in [4.69, 9.17) is 0 Å². The lowest BCUT2D eigenvalue weighted by atomic mass is 10.2. The summed E-state index contributed by atoms with van der Waals surface area (Å²) in [6, 6.07) is 4.69. The van der Waals surface area contributed by atoms with Crippen LogP contribution in [0.1, 0.15) is 12.5 Å². The van der Waals surface area contributed by atoms with Crippen LogP contribution in [0.15, 0.2) is 28.7 Å². The summed E-state index contributed by atoms with van der Waals surface area (Å²) in [6.45, 7) is 1.90. The van der Waals surface area contributed by atoms with E-state index in [2.05, 4.69) is 15.9 Å². The van der Waals surface area contributed by atoms with E-state index in [-0.39, 0.29) is 5.69 Å². The summed E-state index contributed by atoms with van der Waals surface area (Å²) in [5.74, 6) is 0. The molecule has 0 fully saturated rings. The van der Waals surface area contributed by atoms with Crippen LogP contribution >= 0.6 is 15.9 Å². The monoisotopic (exact) mass is 241 g/mol. The summed E-state index contributed by atoms with van der Waals surface area (Å²) in [5, 5.41) is 10.4. The molecule has 4 heteroatoms. The second-order valence-corrected chi connectivity index (χ2v) is 3.32. The number of nitro benzene ring substituents is 1. The second kappa shape index (κ2) is 4.18. The fourth-order valence-corrected chi connectivity index (χ4v) is 1.44. The Kier molecular flexibility index (Phi) is 3.19. The van der Waals surface area contributed by atoms with Gasteiger partial charge in [-0.3, -0.25) is 10.1 Å². The molecule has 1 aromatic carbocycles. The van der Waals surface area contributed by atoms with E-state index < -0.39 is 4.92 Å². The molecule has 0 saturated carbocycles. The van der Waals surface area contributed by atoms with Crippen molar-refractivity contribution >= 4 is 27.7 Å². The minimum atomic E-state index is -0.412. The summed E-state index contributed by atoms with van der Waals surface area (Å²) in [4.78, 5) is 9.98. The molecule has 0 atom stereocenters. The van der Waals surface area contributed by atoms with Gasteiger partial charge in [-0.15, -0.1) is 0 Å². The predicted octanol–water partition coefficient (Wildman–Crippen LogP) is 3.39. The quantitative estimate of drug-likeness (QED) is 0.589. The first-order valence-corrected chi connectivity index (χ1v) is 4.51. The molecule has 0 aliphatic heterocycles. The first-order valence-electron chi connectivity index (χ1n) is 3.72. The molecule has 0 unspecified atom stereocenters. The molecular weight excluding hydrogens is 234 g/mol. The number of hydrogen-bond donors (Lipinski definition) is 0. The number of nitro groups is 1. The first kappa shape index (κ1) is 9.92. The van der Waals surface area contributed by atoms with Crippen LogP contribution in [0.25, 0.3) is 6.08 Å². The normalized spacial score (nSPS) is 10.6. The van der Waals surface area contributed by atoms with Crippen LogP contribution in [0.2, 0.25) is 0 Å². The molecule has 0 aliphatic rings. The number of allylic oxidation sites excluding steroid dienone is 1. The Morgan fingerprint density at radius 3 is 2.69 bits per heavy atom. The fourth-order valence-electron chi connectivity index (χ4n) is 0.944. The van der Waals surface area contributed by atoms with Crippen molar-refractivity contribution in [3.05, 3.63) is 44.4 Å². The molecule has 0 N–H and O–H groups in total. The maximum absolute atomic E-state index is 10.4. The zero-order valence-electron chi connectivity index (χ0n) is 7.03. The van der Waals surface area contributed by atoms with Crippen LogP contribution in [0.3, 0.4) is 0 Å². The number of nitrogens with zero attached hydrogens (tertiary/aromatic N) is 1. The minimum Gasteiger partial charge on any atom is -0.258 e. The predicted molar refractivity (Wildman–Crippen MR) is 55.5 cm³/mol. The first-order chi connectivity index (χ1) is 6.15. The highest BCUT2D eigenvalue weighted by Gasteiger charge is 2.06. The van der Waals surface area contributed by atoms with Crippen LogP contribution in [-0.4, -0.2) is 4.92 Å². The molecule has 0 radical (unpaired) electrons. The Hall–Kier alpha value is -1.16. The van der Waals surface area contributed by atoms with Gasteiger partial charge in [0.1, 0.15) is 0 Å². The molecule has 0 aliphatic carbocycles. The Morgan fingerprint density at radius 2 is 2.23 bits per heavy atom. The van der Waals surface area contributed by atoms with E-state index in [1.54, 1.807) is 6.07 Å². The highest BCUT2D eigenvalue weighted by atomic mass is 79.9. The molecule has 0 amide bonds. The van der Waals surface area contributed by atoms with Crippen molar-refractivity contribution in [1.29, 1.82) is 0 Å². The van der Waals surface area contributed by atoms with Gasteiger partial charge in [0.15, 0.2) is 0 Å². The van der Waals surface area contributed by atoms with Gasteiger partial charge in [0, 0.05) is 16.6 Å². The van der Waals surface area contributed by atoms with Gasteiger partial charge < -0.3 is 0 Å². The maximum atomic E-state index is 10.4. The number of hydrogen-bond acceptors (Lipinski definition) is 2. The standard InChI is InChI=1S/C9H8BrNO2/c1-2-3-7-4-5-8(11(12)13)6-9(7)10/h2-6H,1H3/b3-2+. The van der Waals surface area contributed by atoms with Crippen molar-refractivity contribution < 1.29 is 4.92 Å². The molecule has 0 bridgehead atoms. The molecule has 0 aromatic heterocycles. The van der Waals surface area contributed by atoms with Gasteiger partial charge in [-0.1, -0.05) is 12.2 Å². The Balaban J connectivity index is 3.12. The lowest BCUT2D eigenvalue weighted by Crippen LogP contribution is -1.87. The molecule has 0 saturated heterocycles. The molecule has 1 aromatic rings. The lowest BCUT2D eigenvalue weighted by Gasteiger charge is -1.97. The van der Waals surface area contributed by atoms with Crippen molar-refractivity contribution in [2.45, 2.75) is 6.92 Å². The third-order valence-corrected chi connectivity index (χ3v) is 2.23. The molecule has 0 heterocycles. The SMILES string of the molecule is C/C=C/c1ccc([N+](=O)[O-])cc1Br. The topological polar surface area (TPSA) is 43.1 Å². The minimum absolute atomic E-state index is 0.0973. The van der Waals surface area contributed by atoms with Gasteiger partial charge in [0.2, 0.25) is 0 Å². The van der Waals surface area contributed by atoms with Gasteiger partial charge >= 0.3 is 0 Å². The van der Waals surface area contributed by atoms with Gasteiger partial charge in [-0.05, 0) is 34.5 Å². The number of rotatable bonds is 2. The average molecular weight is 242 g/mol. The summed E-state index contributed by atoms with van der Waals surface area (Å²) < 4.78 is 0.736. The van der Waals surface area contributed by atoms with E-state index in [9.17, 15) is 10.1 Å². The van der Waals surface area contributed by atoms with Crippen LogP contribution in [0.5, 0.6) is 0 Å². The summed E-state index contributed by atoms with van der Waals surface area (Å²) in [5.41, 5.74) is 1.04. The van der Waals surface area contributed by atoms with Gasteiger partial charge in [-0.25, -0.2) is 0 Å². The Bertz CT molecular complexity index is 361. The summed E-state index contributed by atoms with van der Waals surface area (Å²) in [7, 11) is 0.